The first-order valence-electron chi connectivity index (χ1n) is 6.19. The second kappa shape index (κ2) is 5.74. The van der Waals surface area contributed by atoms with Gasteiger partial charge in [0.1, 0.15) is 0 Å². The van der Waals surface area contributed by atoms with Gasteiger partial charge in [-0.1, -0.05) is 20.8 Å². The molecule has 110 valence electrons. The van der Waals surface area contributed by atoms with E-state index in [0.717, 1.165) is 0 Å². The predicted molar refractivity (Wildman–Crippen MR) is 76.9 cm³/mol. The molecule has 0 fully saturated rings. The Balaban J connectivity index is 2.44. The summed E-state index contributed by atoms with van der Waals surface area (Å²) in [6.07, 6.45) is 1.40. The smallest absolute Gasteiger partial charge is 0.257 e. The van der Waals surface area contributed by atoms with Gasteiger partial charge in [-0.15, -0.1) is 0 Å². The summed E-state index contributed by atoms with van der Waals surface area (Å²) in [5.41, 5.74) is 0. The zero-order chi connectivity index (χ0) is 14.7. The van der Waals surface area contributed by atoms with Gasteiger partial charge in [0.2, 0.25) is 0 Å². The van der Waals surface area contributed by atoms with Crippen molar-refractivity contribution in [3.8, 4) is 0 Å². The van der Waals surface area contributed by atoms with Crippen LogP contribution in [0.1, 0.15) is 20.8 Å². The number of hydrogen-bond donors (Lipinski definition) is 2. The van der Waals surface area contributed by atoms with Crippen LogP contribution in [0.15, 0.2) is 17.3 Å². The molecule has 0 unspecified atom stereocenters. The molecule has 19 heavy (non-hydrogen) atoms. The quantitative estimate of drug-likeness (QED) is 0.619. The van der Waals surface area contributed by atoms with Crippen molar-refractivity contribution in [3.63, 3.8) is 0 Å². The molecule has 0 bridgehead atoms. The lowest BCUT2D eigenvalue weighted by Gasteiger charge is -2.36. The van der Waals surface area contributed by atoms with Crippen molar-refractivity contribution >= 4 is 18.3 Å². The summed E-state index contributed by atoms with van der Waals surface area (Å²) in [6, 6.07) is 1.41. The summed E-state index contributed by atoms with van der Waals surface area (Å²) < 4.78 is 32.0. The zero-order valence-electron chi connectivity index (χ0n) is 12.1. The van der Waals surface area contributed by atoms with Crippen LogP contribution < -0.4 is 4.72 Å². The monoisotopic (exact) mass is 305 g/mol. The van der Waals surface area contributed by atoms with Crippen LogP contribution in [0.4, 0.5) is 0 Å². The molecule has 1 aromatic rings. The van der Waals surface area contributed by atoms with Crippen molar-refractivity contribution in [1.82, 2.24) is 14.9 Å². The third-order valence-corrected chi connectivity index (χ3v) is 9.36. The van der Waals surface area contributed by atoms with Gasteiger partial charge >= 0.3 is 0 Å². The van der Waals surface area contributed by atoms with Crippen molar-refractivity contribution in [1.29, 1.82) is 0 Å². The van der Waals surface area contributed by atoms with Crippen molar-refractivity contribution in [2.45, 2.75) is 43.9 Å². The van der Waals surface area contributed by atoms with Gasteiger partial charge < -0.3 is 4.43 Å². The molecule has 2 N–H and O–H groups in total. The Morgan fingerprint density at radius 2 is 2.05 bits per heavy atom. The Labute approximate surface area is 116 Å². The third-order valence-electron chi connectivity index (χ3n) is 3.43. The van der Waals surface area contributed by atoms with Gasteiger partial charge in [-0.25, -0.2) is 13.1 Å². The Kier molecular flexibility index (Phi) is 4.94. The molecule has 0 radical (unpaired) electrons. The average molecular weight is 305 g/mol. The highest BCUT2D eigenvalue weighted by atomic mass is 32.2. The van der Waals surface area contributed by atoms with E-state index in [9.17, 15) is 8.42 Å². The molecular weight excluding hydrogens is 282 g/mol. The second-order valence-electron chi connectivity index (χ2n) is 5.93. The molecule has 1 heterocycles. The molecule has 0 aliphatic rings. The first-order chi connectivity index (χ1) is 8.56. The number of H-pyrrole nitrogens is 1. The maximum absolute atomic E-state index is 11.8. The molecule has 8 heteroatoms. The van der Waals surface area contributed by atoms with Crippen molar-refractivity contribution < 1.29 is 12.8 Å². The van der Waals surface area contributed by atoms with Crippen LogP contribution >= 0.6 is 0 Å². The fourth-order valence-corrected chi connectivity index (χ4v) is 3.14. The molecule has 0 atom stereocenters. The summed E-state index contributed by atoms with van der Waals surface area (Å²) in [5.74, 6) is 0. The van der Waals surface area contributed by atoms with Crippen LogP contribution in [0.3, 0.4) is 0 Å². The number of aromatic amines is 1. The molecular formula is C11H23N3O3SSi. The van der Waals surface area contributed by atoms with Gasteiger partial charge in [-0.05, 0) is 24.2 Å². The number of aromatic nitrogens is 2. The summed E-state index contributed by atoms with van der Waals surface area (Å²) in [5, 5.41) is 6.24. The van der Waals surface area contributed by atoms with E-state index in [1.807, 2.05) is 0 Å². The molecule has 0 amide bonds. The molecule has 0 spiro atoms. The molecule has 6 nitrogen and oxygen atoms in total. The minimum atomic E-state index is -3.50. The largest absolute Gasteiger partial charge is 0.415 e. The van der Waals surface area contributed by atoms with Crippen molar-refractivity contribution in [3.05, 3.63) is 12.3 Å². The minimum Gasteiger partial charge on any atom is -0.415 e. The third kappa shape index (κ3) is 4.41. The topological polar surface area (TPSA) is 84.1 Å². The average Bonchev–Trinajstić information content (AvgIpc) is 2.76. The number of hydrogen-bond acceptors (Lipinski definition) is 4. The van der Waals surface area contributed by atoms with Crippen LogP contribution in [0.25, 0.3) is 0 Å². The lowest BCUT2D eigenvalue weighted by Crippen LogP contribution is -2.42. The Morgan fingerprint density at radius 3 is 2.53 bits per heavy atom. The minimum absolute atomic E-state index is 0.0693. The van der Waals surface area contributed by atoms with Crippen LogP contribution in [-0.2, 0) is 14.4 Å². The molecule has 0 aromatic carbocycles. The SMILES string of the molecule is CC(C)(C)[Si](C)(C)OCCNS(=O)(=O)c1ccn[nH]1. The van der Waals surface area contributed by atoms with E-state index < -0.39 is 18.3 Å². The van der Waals surface area contributed by atoms with Gasteiger partial charge in [-0.3, -0.25) is 5.10 Å². The van der Waals surface area contributed by atoms with Crippen LogP contribution in [0.2, 0.25) is 18.1 Å². The van der Waals surface area contributed by atoms with E-state index in [4.69, 9.17) is 4.43 Å². The van der Waals surface area contributed by atoms with E-state index >= 15 is 0 Å². The second-order valence-corrected chi connectivity index (χ2v) is 12.5. The number of nitrogens with zero attached hydrogens (tertiary/aromatic N) is 1. The standard InChI is InChI=1S/C11H23N3O3SSi/c1-11(2,3)19(4,5)17-9-8-13-18(15,16)10-6-7-12-14-10/h6-7,13H,8-9H2,1-5H3,(H,12,14). The van der Waals surface area contributed by atoms with Gasteiger partial charge in [0.25, 0.3) is 10.0 Å². The normalized spacial score (nSPS) is 13.7. The van der Waals surface area contributed by atoms with Crippen LogP contribution in [0, 0.1) is 0 Å². The fraction of sp³-hybridized carbons (Fsp3) is 0.727. The molecule has 0 saturated heterocycles. The first-order valence-corrected chi connectivity index (χ1v) is 10.6. The van der Waals surface area contributed by atoms with Gasteiger partial charge in [0.05, 0.1) is 6.20 Å². The summed E-state index contributed by atoms with van der Waals surface area (Å²) in [7, 11) is -5.33. The van der Waals surface area contributed by atoms with Gasteiger partial charge in [0, 0.05) is 13.2 Å². The van der Waals surface area contributed by atoms with Gasteiger partial charge in [-0.2, -0.15) is 5.10 Å². The van der Waals surface area contributed by atoms with E-state index in [2.05, 4.69) is 48.8 Å². The van der Waals surface area contributed by atoms with E-state index in [0.29, 0.717) is 6.61 Å². The molecule has 1 aromatic heterocycles. The van der Waals surface area contributed by atoms with Crippen LogP contribution in [-0.4, -0.2) is 40.1 Å². The molecule has 1 rings (SSSR count). The number of rotatable bonds is 6. The van der Waals surface area contributed by atoms with Crippen molar-refractivity contribution in [2.24, 2.45) is 0 Å². The Bertz CT molecular complexity index is 492. The maximum atomic E-state index is 11.8. The number of nitrogens with one attached hydrogen (secondary N) is 2. The summed E-state index contributed by atoms with van der Waals surface area (Å²) in [6.45, 7) is 11.3. The lowest BCUT2D eigenvalue weighted by atomic mass is 10.2. The van der Waals surface area contributed by atoms with Crippen molar-refractivity contribution in [2.75, 3.05) is 13.2 Å². The molecule has 0 aliphatic heterocycles. The first kappa shape index (κ1) is 16.4. The van der Waals surface area contributed by atoms with E-state index in [1.165, 1.54) is 12.3 Å². The molecule has 0 aliphatic carbocycles. The Hall–Kier alpha value is -0.703. The highest BCUT2D eigenvalue weighted by Crippen LogP contribution is 2.36. The predicted octanol–water partition coefficient (Wildman–Crippen LogP) is 1.71. The fourth-order valence-electron chi connectivity index (χ4n) is 1.17. The number of sulfonamides is 1. The van der Waals surface area contributed by atoms with E-state index in [1.54, 1.807) is 0 Å². The van der Waals surface area contributed by atoms with Crippen LogP contribution in [0.5, 0.6) is 0 Å². The highest BCUT2D eigenvalue weighted by molar-refractivity contribution is 7.89. The summed E-state index contributed by atoms with van der Waals surface area (Å²) in [4.78, 5) is 0. The maximum Gasteiger partial charge on any atom is 0.257 e. The Morgan fingerprint density at radius 1 is 1.42 bits per heavy atom. The molecule has 0 saturated carbocycles. The van der Waals surface area contributed by atoms with Gasteiger partial charge in [0.15, 0.2) is 13.3 Å². The highest BCUT2D eigenvalue weighted by Gasteiger charge is 2.36. The van der Waals surface area contributed by atoms with E-state index in [-0.39, 0.29) is 16.6 Å². The lowest BCUT2D eigenvalue weighted by molar-refractivity contribution is 0.293. The zero-order valence-corrected chi connectivity index (χ0v) is 14.0. The summed E-state index contributed by atoms with van der Waals surface area (Å²) >= 11 is 0.